The summed E-state index contributed by atoms with van der Waals surface area (Å²) in [5, 5.41) is 2.91. The topological polar surface area (TPSA) is 61.4 Å². The van der Waals surface area contributed by atoms with Gasteiger partial charge in [0.25, 0.3) is 5.91 Å². The number of rotatable bonds is 6. The standard InChI is InChI=1S/C17H23N5O/c1-21(2)15-12-14(19-17(20-15)22(3)4)16(23)18-11-10-13-8-6-5-7-9-13/h5-9,12H,10-11H2,1-4H3,(H,18,23). The summed E-state index contributed by atoms with van der Waals surface area (Å²) in [7, 11) is 7.48. The SMILES string of the molecule is CN(C)c1cc(C(=O)NCCc2ccccc2)nc(N(C)C)n1. The second-order valence-electron chi connectivity index (χ2n) is 5.69. The van der Waals surface area contributed by atoms with E-state index in [2.05, 4.69) is 15.3 Å². The van der Waals surface area contributed by atoms with Crippen LogP contribution in [0.1, 0.15) is 16.1 Å². The summed E-state index contributed by atoms with van der Waals surface area (Å²) < 4.78 is 0. The maximum Gasteiger partial charge on any atom is 0.270 e. The lowest BCUT2D eigenvalue weighted by atomic mass is 10.1. The minimum absolute atomic E-state index is 0.186. The van der Waals surface area contributed by atoms with Gasteiger partial charge in [-0.25, -0.2) is 4.98 Å². The molecule has 0 unspecified atom stereocenters. The van der Waals surface area contributed by atoms with Crippen LogP contribution in [0.25, 0.3) is 0 Å². The van der Waals surface area contributed by atoms with Crippen molar-refractivity contribution in [3.63, 3.8) is 0 Å². The second-order valence-corrected chi connectivity index (χ2v) is 5.69. The number of benzene rings is 1. The van der Waals surface area contributed by atoms with E-state index in [-0.39, 0.29) is 5.91 Å². The number of carbonyl (C=O) groups is 1. The molecule has 0 aliphatic rings. The smallest absolute Gasteiger partial charge is 0.270 e. The Labute approximate surface area is 137 Å². The molecule has 0 aliphatic heterocycles. The molecule has 6 heteroatoms. The Balaban J connectivity index is 2.06. The van der Waals surface area contributed by atoms with Gasteiger partial charge >= 0.3 is 0 Å². The van der Waals surface area contributed by atoms with E-state index < -0.39 is 0 Å². The van der Waals surface area contributed by atoms with Crippen molar-refractivity contribution in [3.05, 3.63) is 47.7 Å². The number of aromatic nitrogens is 2. The lowest BCUT2D eigenvalue weighted by Gasteiger charge is -2.17. The van der Waals surface area contributed by atoms with Crippen LogP contribution in [0.15, 0.2) is 36.4 Å². The summed E-state index contributed by atoms with van der Waals surface area (Å²) >= 11 is 0. The van der Waals surface area contributed by atoms with E-state index in [9.17, 15) is 4.79 Å². The Morgan fingerprint density at radius 2 is 1.74 bits per heavy atom. The van der Waals surface area contributed by atoms with Gasteiger partial charge < -0.3 is 15.1 Å². The molecule has 1 heterocycles. The molecule has 1 aromatic heterocycles. The number of hydrogen-bond donors (Lipinski definition) is 1. The van der Waals surface area contributed by atoms with Crippen LogP contribution >= 0.6 is 0 Å². The van der Waals surface area contributed by atoms with Crippen molar-refractivity contribution in [2.45, 2.75) is 6.42 Å². The summed E-state index contributed by atoms with van der Waals surface area (Å²) in [4.78, 5) is 24.7. The van der Waals surface area contributed by atoms with E-state index in [4.69, 9.17) is 0 Å². The van der Waals surface area contributed by atoms with Gasteiger partial charge in [0, 0.05) is 40.8 Å². The van der Waals surface area contributed by atoms with Gasteiger partial charge in [0.15, 0.2) is 0 Å². The molecule has 0 saturated carbocycles. The third kappa shape index (κ3) is 4.67. The van der Waals surface area contributed by atoms with Crippen LogP contribution < -0.4 is 15.1 Å². The molecule has 23 heavy (non-hydrogen) atoms. The van der Waals surface area contributed by atoms with E-state index in [1.807, 2.05) is 63.4 Å². The van der Waals surface area contributed by atoms with Crippen LogP contribution in [0.2, 0.25) is 0 Å². The Morgan fingerprint density at radius 1 is 1.04 bits per heavy atom. The van der Waals surface area contributed by atoms with E-state index in [0.717, 1.165) is 6.42 Å². The van der Waals surface area contributed by atoms with Gasteiger partial charge in [0.2, 0.25) is 5.95 Å². The highest BCUT2D eigenvalue weighted by Crippen LogP contribution is 2.14. The molecule has 2 aromatic rings. The van der Waals surface area contributed by atoms with Gasteiger partial charge in [0.1, 0.15) is 11.5 Å². The zero-order valence-electron chi connectivity index (χ0n) is 14.1. The average Bonchev–Trinajstić information content (AvgIpc) is 2.55. The number of nitrogens with zero attached hydrogens (tertiary/aromatic N) is 4. The van der Waals surface area contributed by atoms with Crippen LogP contribution in [-0.4, -0.2) is 50.6 Å². The molecule has 0 spiro atoms. The molecule has 6 nitrogen and oxygen atoms in total. The molecule has 0 fully saturated rings. The van der Waals surface area contributed by atoms with E-state index in [1.54, 1.807) is 11.0 Å². The zero-order chi connectivity index (χ0) is 16.8. The number of amides is 1. The fraction of sp³-hybridized carbons (Fsp3) is 0.353. The Hall–Kier alpha value is -2.63. The van der Waals surface area contributed by atoms with Crippen molar-refractivity contribution in [1.29, 1.82) is 0 Å². The fourth-order valence-electron chi connectivity index (χ4n) is 2.02. The molecule has 1 aromatic carbocycles. The largest absolute Gasteiger partial charge is 0.363 e. The Bertz CT molecular complexity index is 629. The summed E-state index contributed by atoms with van der Waals surface area (Å²) in [6, 6.07) is 11.8. The fourth-order valence-corrected chi connectivity index (χ4v) is 2.02. The molecule has 1 N–H and O–H groups in total. The van der Waals surface area contributed by atoms with Gasteiger partial charge in [-0.1, -0.05) is 30.3 Å². The number of nitrogens with one attached hydrogen (secondary N) is 1. The first-order valence-corrected chi connectivity index (χ1v) is 7.53. The second kappa shape index (κ2) is 7.58. The van der Waals surface area contributed by atoms with Crippen LogP contribution in [0.3, 0.4) is 0 Å². The normalized spacial score (nSPS) is 10.3. The summed E-state index contributed by atoms with van der Waals surface area (Å²) in [5.74, 6) is 1.04. The first kappa shape index (κ1) is 16.7. The van der Waals surface area contributed by atoms with E-state index >= 15 is 0 Å². The van der Waals surface area contributed by atoms with Gasteiger partial charge in [-0.3, -0.25) is 4.79 Å². The lowest BCUT2D eigenvalue weighted by molar-refractivity contribution is 0.0949. The van der Waals surface area contributed by atoms with Crippen molar-refractivity contribution in [1.82, 2.24) is 15.3 Å². The van der Waals surface area contributed by atoms with Crippen molar-refractivity contribution in [2.24, 2.45) is 0 Å². The Morgan fingerprint density at radius 3 is 2.35 bits per heavy atom. The van der Waals surface area contributed by atoms with Gasteiger partial charge in [0.05, 0.1) is 0 Å². The van der Waals surface area contributed by atoms with Crippen molar-refractivity contribution in [3.8, 4) is 0 Å². The molecule has 0 radical (unpaired) electrons. The third-order valence-corrected chi connectivity index (χ3v) is 3.33. The highest BCUT2D eigenvalue weighted by Gasteiger charge is 2.13. The number of hydrogen-bond acceptors (Lipinski definition) is 5. The monoisotopic (exact) mass is 313 g/mol. The van der Waals surface area contributed by atoms with Crippen molar-refractivity contribution < 1.29 is 4.79 Å². The van der Waals surface area contributed by atoms with E-state index in [0.29, 0.717) is 24.0 Å². The molecule has 122 valence electrons. The summed E-state index contributed by atoms with van der Waals surface area (Å²) in [5.41, 5.74) is 1.57. The minimum Gasteiger partial charge on any atom is -0.363 e. The quantitative estimate of drug-likeness (QED) is 0.877. The molecule has 0 saturated heterocycles. The molecule has 0 aliphatic carbocycles. The Kier molecular flexibility index (Phi) is 5.51. The average molecular weight is 313 g/mol. The highest BCUT2D eigenvalue weighted by atomic mass is 16.1. The molecule has 0 bridgehead atoms. The number of anilines is 2. The van der Waals surface area contributed by atoms with Crippen molar-refractivity contribution >= 4 is 17.7 Å². The van der Waals surface area contributed by atoms with Crippen molar-refractivity contribution in [2.75, 3.05) is 44.5 Å². The molecule has 0 atom stereocenters. The first-order valence-electron chi connectivity index (χ1n) is 7.53. The van der Waals surface area contributed by atoms with Gasteiger partial charge in [-0.15, -0.1) is 0 Å². The zero-order valence-corrected chi connectivity index (χ0v) is 14.1. The lowest BCUT2D eigenvalue weighted by Crippen LogP contribution is -2.28. The number of carbonyl (C=O) groups excluding carboxylic acids is 1. The third-order valence-electron chi connectivity index (χ3n) is 3.33. The predicted molar refractivity (Wildman–Crippen MR) is 93.2 cm³/mol. The van der Waals surface area contributed by atoms with Gasteiger partial charge in [-0.05, 0) is 12.0 Å². The maximum absolute atomic E-state index is 12.3. The molecule has 1 amide bonds. The minimum atomic E-state index is -0.186. The maximum atomic E-state index is 12.3. The molecular weight excluding hydrogens is 290 g/mol. The van der Waals surface area contributed by atoms with Crippen LogP contribution in [0.5, 0.6) is 0 Å². The summed E-state index contributed by atoms with van der Waals surface area (Å²) in [6.45, 7) is 0.571. The highest BCUT2D eigenvalue weighted by molar-refractivity contribution is 5.93. The first-order chi connectivity index (χ1) is 11.0. The molecule has 2 rings (SSSR count). The summed E-state index contributed by atoms with van der Waals surface area (Å²) in [6.07, 6.45) is 0.790. The van der Waals surface area contributed by atoms with Crippen LogP contribution in [0, 0.1) is 0 Å². The van der Waals surface area contributed by atoms with Crippen LogP contribution in [-0.2, 0) is 6.42 Å². The molecular formula is C17H23N5O. The van der Waals surface area contributed by atoms with Gasteiger partial charge in [-0.2, -0.15) is 4.98 Å². The van der Waals surface area contributed by atoms with Crippen LogP contribution in [0.4, 0.5) is 11.8 Å². The predicted octanol–water partition coefficient (Wildman–Crippen LogP) is 1.58. The van der Waals surface area contributed by atoms with E-state index in [1.165, 1.54) is 5.56 Å².